The summed E-state index contributed by atoms with van der Waals surface area (Å²) in [5.74, 6) is -2.55. The molecule has 0 aliphatic carbocycles. The molecule has 1 atom stereocenters. The topological polar surface area (TPSA) is 83.8 Å². The maximum atomic E-state index is 11.1. The normalized spacial score (nSPS) is 11.9. The molecule has 0 spiro atoms. The van der Waals surface area contributed by atoms with Gasteiger partial charge in [0.05, 0.1) is 19.3 Å². The molecule has 1 unspecified atom stereocenters. The SMILES string of the molecule is COC(=O)c1ccc(C(CO)C(=O)O)cc1. The first-order chi connectivity index (χ1) is 7.60. The van der Waals surface area contributed by atoms with E-state index >= 15 is 0 Å². The monoisotopic (exact) mass is 224 g/mol. The van der Waals surface area contributed by atoms with Gasteiger partial charge in [0.15, 0.2) is 0 Å². The molecule has 0 aliphatic rings. The summed E-state index contributed by atoms with van der Waals surface area (Å²) in [4.78, 5) is 21.9. The lowest BCUT2D eigenvalue weighted by Gasteiger charge is -2.09. The van der Waals surface area contributed by atoms with Gasteiger partial charge in [-0.2, -0.15) is 0 Å². The molecule has 86 valence electrons. The minimum absolute atomic E-state index is 0.341. The predicted molar refractivity (Wildman–Crippen MR) is 55.2 cm³/mol. The van der Waals surface area contributed by atoms with Crippen LogP contribution in [0.5, 0.6) is 0 Å². The van der Waals surface area contributed by atoms with Crippen molar-refractivity contribution in [3.63, 3.8) is 0 Å². The van der Waals surface area contributed by atoms with Gasteiger partial charge in [-0.15, -0.1) is 0 Å². The molecule has 0 fully saturated rings. The average molecular weight is 224 g/mol. The summed E-state index contributed by atoms with van der Waals surface area (Å²) in [7, 11) is 1.27. The highest BCUT2D eigenvalue weighted by Crippen LogP contribution is 2.16. The van der Waals surface area contributed by atoms with Gasteiger partial charge in [-0.05, 0) is 17.7 Å². The maximum absolute atomic E-state index is 11.1. The Morgan fingerprint density at radius 1 is 1.31 bits per heavy atom. The van der Waals surface area contributed by atoms with Gasteiger partial charge >= 0.3 is 11.9 Å². The number of carbonyl (C=O) groups excluding carboxylic acids is 1. The molecule has 0 bridgehead atoms. The maximum Gasteiger partial charge on any atom is 0.337 e. The van der Waals surface area contributed by atoms with E-state index in [1.165, 1.54) is 31.4 Å². The van der Waals surface area contributed by atoms with Gasteiger partial charge < -0.3 is 14.9 Å². The number of rotatable bonds is 4. The predicted octanol–water partition coefficient (Wildman–Crippen LogP) is 0.634. The van der Waals surface area contributed by atoms with Crippen molar-refractivity contribution in [3.05, 3.63) is 35.4 Å². The van der Waals surface area contributed by atoms with Crippen molar-refractivity contribution in [2.24, 2.45) is 0 Å². The molecule has 1 aromatic carbocycles. The number of aliphatic hydroxyl groups is 1. The average Bonchev–Trinajstić information content (AvgIpc) is 2.29. The number of esters is 1. The number of aliphatic carboxylic acids is 1. The van der Waals surface area contributed by atoms with Crippen LogP contribution in [0.15, 0.2) is 24.3 Å². The van der Waals surface area contributed by atoms with Gasteiger partial charge in [-0.1, -0.05) is 12.1 Å². The van der Waals surface area contributed by atoms with Crippen molar-refractivity contribution in [2.75, 3.05) is 13.7 Å². The summed E-state index contributed by atoms with van der Waals surface area (Å²) in [5.41, 5.74) is 0.788. The Morgan fingerprint density at radius 3 is 2.25 bits per heavy atom. The summed E-state index contributed by atoms with van der Waals surface area (Å²) in [6.45, 7) is -0.479. The zero-order chi connectivity index (χ0) is 12.1. The van der Waals surface area contributed by atoms with Crippen LogP contribution in [0.2, 0.25) is 0 Å². The van der Waals surface area contributed by atoms with Crippen LogP contribution in [0, 0.1) is 0 Å². The number of hydrogen-bond acceptors (Lipinski definition) is 4. The molecule has 0 saturated heterocycles. The zero-order valence-electron chi connectivity index (χ0n) is 8.71. The van der Waals surface area contributed by atoms with Gasteiger partial charge in [-0.3, -0.25) is 4.79 Å². The van der Waals surface area contributed by atoms with E-state index in [1.807, 2.05) is 0 Å². The number of carboxylic acids is 1. The van der Waals surface area contributed by atoms with E-state index < -0.39 is 24.5 Å². The van der Waals surface area contributed by atoms with Crippen molar-refractivity contribution in [3.8, 4) is 0 Å². The third-order valence-corrected chi connectivity index (χ3v) is 2.21. The number of aliphatic hydroxyl groups excluding tert-OH is 1. The Morgan fingerprint density at radius 2 is 1.88 bits per heavy atom. The molecule has 0 aromatic heterocycles. The van der Waals surface area contributed by atoms with E-state index in [1.54, 1.807) is 0 Å². The Kier molecular flexibility index (Phi) is 4.02. The second kappa shape index (κ2) is 5.27. The lowest BCUT2D eigenvalue weighted by molar-refractivity contribution is -0.139. The van der Waals surface area contributed by atoms with Crippen LogP contribution in [0.25, 0.3) is 0 Å². The first-order valence-electron chi connectivity index (χ1n) is 4.62. The van der Waals surface area contributed by atoms with E-state index in [0.717, 1.165) is 0 Å². The summed E-state index contributed by atoms with van der Waals surface area (Å²) in [6.07, 6.45) is 0. The van der Waals surface area contributed by atoms with E-state index in [0.29, 0.717) is 11.1 Å². The van der Waals surface area contributed by atoms with Crippen LogP contribution >= 0.6 is 0 Å². The first kappa shape index (κ1) is 12.2. The lowest BCUT2D eigenvalue weighted by Crippen LogP contribution is -2.15. The van der Waals surface area contributed by atoms with Crippen LogP contribution in [-0.2, 0) is 9.53 Å². The Balaban J connectivity index is 2.93. The number of hydrogen-bond donors (Lipinski definition) is 2. The van der Waals surface area contributed by atoms with Gasteiger partial charge in [0.1, 0.15) is 5.92 Å². The Bertz CT molecular complexity index is 382. The van der Waals surface area contributed by atoms with E-state index in [-0.39, 0.29) is 0 Å². The minimum atomic E-state index is -1.10. The fourth-order valence-electron chi connectivity index (χ4n) is 1.30. The van der Waals surface area contributed by atoms with Gasteiger partial charge in [0.2, 0.25) is 0 Å². The fourth-order valence-corrected chi connectivity index (χ4v) is 1.30. The van der Waals surface area contributed by atoms with Crippen LogP contribution in [-0.4, -0.2) is 35.9 Å². The second-order valence-electron chi connectivity index (χ2n) is 3.19. The first-order valence-corrected chi connectivity index (χ1v) is 4.62. The van der Waals surface area contributed by atoms with Crippen molar-refractivity contribution in [2.45, 2.75) is 5.92 Å². The summed E-state index contributed by atoms with van der Waals surface area (Å²) in [6, 6.07) is 5.90. The van der Waals surface area contributed by atoms with E-state index in [4.69, 9.17) is 10.2 Å². The van der Waals surface area contributed by atoms with Crippen molar-refractivity contribution in [1.29, 1.82) is 0 Å². The molecule has 5 heteroatoms. The Labute approximate surface area is 92.3 Å². The molecule has 0 radical (unpaired) electrons. The molecule has 0 heterocycles. The minimum Gasteiger partial charge on any atom is -0.481 e. The third kappa shape index (κ3) is 2.58. The van der Waals surface area contributed by atoms with E-state index in [9.17, 15) is 9.59 Å². The number of benzene rings is 1. The quantitative estimate of drug-likeness (QED) is 0.733. The smallest absolute Gasteiger partial charge is 0.337 e. The molecule has 0 aliphatic heterocycles. The number of methoxy groups -OCH3 is 1. The molecule has 16 heavy (non-hydrogen) atoms. The largest absolute Gasteiger partial charge is 0.481 e. The second-order valence-corrected chi connectivity index (χ2v) is 3.19. The molecule has 1 aromatic rings. The Hall–Kier alpha value is -1.88. The van der Waals surface area contributed by atoms with Crippen molar-refractivity contribution >= 4 is 11.9 Å². The standard InChI is InChI=1S/C11H12O5/c1-16-11(15)8-4-2-7(3-5-8)9(6-12)10(13)14/h2-5,9,12H,6H2,1H3,(H,13,14). The van der Waals surface area contributed by atoms with Crippen molar-refractivity contribution < 1.29 is 24.5 Å². The van der Waals surface area contributed by atoms with Gasteiger partial charge in [0, 0.05) is 0 Å². The van der Waals surface area contributed by atoms with Crippen molar-refractivity contribution in [1.82, 2.24) is 0 Å². The van der Waals surface area contributed by atoms with Crippen LogP contribution in [0.3, 0.4) is 0 Å². The molecule has 0 saturated carbocycles. The highest BCUT2D eigenvalue weighted by Gasteiger charge is 2.18. The lowest BCUT2D eigenvalue weighted by atomic mass is 9.99. The molecular formula is C11H12O5. The molecule has 2 N–H and O–H groups in total. The highest BCUT2D eigenvalue weighted by molar-refractivity contribution is 5.89. The summed E-state index contributed by atoms with van der Waals surface area (Å²) >= 11 is 0. The summed E-state index contributed by atoms with van der Waals surface area (Å²) in [5, 5.41) is 17.7. The molecule has 1 rings (SSSR count). The molecular weight excluding hydrogens is 212 g/mol. The van der Waals surface area contributed by atoms with E-state index in [2.05, 4.69) is 4.74 Å². The third-order valence-electron chi connectivity index (χ3n) is 2.21. The van der Waals surface area contributed by atoms with Gasteiger partial charge in [-0.25, -0.2) is 4.79 Å². The van der Waals surface area contributed by atoms with Crippen LogP contribution < -0.4 is 0 Å². The number of carbonyl (C=O) groups is 2. The fraction of sp³-hybridized carbons (Fsp3) is 0.273. The summed E-state index contributed by atoms with van der Waals surface area (Å²) < 4.78 is 4.51. The highest BCUT2D eigenvalue weighted by atomic mass is 16.5. The number of carboxylic acid groups (broad SMARTS) is 1. The van der Waals surface area contributed by atoms with Crippen LogP contribution in [0.1, 0.15) is 21.8 Å². The molecule has 5 nitrogen and oxygen atoms in total. The zero-order valence-corrected chi connectivity index (χ0v) is 8.71. The van der Waals surface area contributed by atoms with Crippen LogP contribution in [0.4, 0.5) is 0 Å². The molecule has 0 amide bonds. The number of ether oxygens (including phenoxy) is 1. The van der Waals surface area contributed by atoms with Gasteiger partial charge in [0.25, 0.3) is 0 Å².